The van der Waals surface area contributed by atoms with Gasteiger partial charge in [-0.1, -0.05) is 5.16 Å². The zero-order valence-corrected chi connectivity index (χ0v) is 11.3. The Morgan fingerprint density at radius 3 is 2.89 bits per heavy atom. The molecule has 0 radical (unpaired) electrons. The molecule has 1 aromatic rings. The van der Waals surface area contributed by atoms with E-state index in [0.717, 1.165) is 19.5 Å². The normalized spacial score (nSPS) is 15.0. The molecule has 1 N–H and O–H groups in total. The van der Waals surface area contributed by atoms with Gasteiger partial charge in [-0.2, -0.15) is 0 Å². The lowest BCUT2D eigenvalue weighted by molar-refractivity contribution is 0.0481. The molecule has 1 aromatic heterocycles. The maximum absolute atomic E-state index is 12.3. The molecule has 7 heteroatoms. The summed E-state index contributed by atoms with van der Waals surface area (Å²) in [7, 11) is 0. The van der Waals surface area contributed by atoms with Crippen molar-refractivity contribution in [3.05, 3.63) is 17.5 Å². The number of carbonyl (C=O) groups is 1. The summed E-state index contributed by atoms with van der Waals surface area (Å²) in [4.78, 5) is 12.3. The van der Waals surface area contributed by atoms with Crippen LogP contribution in [0.1, 0.15) is 29.6 Å². The molecule has 0 aromatic carbocycles. The lowest BCUT2D eigenvalue weighted by Crippen LogP contribution is -2.49. The molecule has 2 heterocycles. The highest BCUT2D eigenvalue weighted by atomic mass is 32.1. The Hall–Kier alpha value is -1.63. The van der Waals surface area contributed by atoms with Crippen molar-refractivity contribution >= 4 is 23.2 Å². The second-order valence-corrected chi connectivity index (χ2v) is 4.45. The number of nitrogens with zero attached hydrogens (tertiary/aromatic N) is 3. The van der Waals surface area contributed by atoms with E-state index < -0.39 is 0 Å². The van der Waals surface area contributed by atoms with E-state index in [2.05, 4.69) is 10.5 Å². The van der Waals surface area contributed by atoms with Crippen molar-refractivity contribution in [3.63, 3.8) is 0 Å². The number of amides is 1. The van der Waals surface area contributed by atoms with Gasteiger partial charge in [-0.15, -0.1) is 0 Å². The molecule has 0 saturated carbocycles. The second kappa shape index (κ2) is 5.34. The van der Waals surface area contributed by atoms with Crippen LogP contribution in [0.2, 0.25) is 0 Å². The standard InChI is InChI=1S/C11H16N4O2S/c1-3-12-11(18)15-6-4-5-14(15)10(16)9-7-8(2)17-13-9/h7H,3-6H2,1-2H3,(H,12,18). The fraction of sp³-hybridized carbons (Fsp3) is 0.545. The van der Waals surface area contributed by atoms with Crippen LogP contribution in [-0.2, 0) is 0 Å². The van der Waals surface area contributed by atoms with Gasteiger partial charge in [-0.3, -0.25) is 9.80 Å². The predicted octanol–water partition coefficient (Wildman–Crippen LogP) is 0.940. The Bertz CT molecular complexity index is 460. The molecule has 0 unspecified atom stereocenters. The van der Waals surface area contributed by atoms with Gasteiger partial charge < -0.3 is 9.84 Å². The minimum atomic E-state index is -0.176. The van der Waals surface area contributed by atoms with Crippen molar-refractivity contribution in [2.75, 3.05) is 19.6 Å². The fourth-order valence-corrected chi connectivity index (χ4v) is 2.21. The monoisotopic (exact) mass is 268 g/mol. The second-order valence-electron chi connectivity index (χ2n) is 4.06. The zero-order chi connectivity index (χ0) is 13.1. The van der Waals surface area contributed by atoms with E-state index in [1.165, 1.54) is 0 Å². The molecule has 0 bridgehead atoms. The van der Waals surface area contributed by atoms with Crippen LogP contribution in [0.3, 0.4) is 0 Å². The number of thiocarbonyl (C=S) groups is 1. The van der Waals surface area contributed by atoms with E-state index in [-0.39, 0.29) is 5.91 Å². The number of carbonyl (C=O) groups excluding carboxylic acids is 1. The molecule has 1 aliphatic heterocycles. The largest absolute Gasteiger partial charge is 0.361 e. The third-order valence-corrected chi connectivity index (χ3v) is 3.03. The maximum atomic E-state index is 12.3. The highest BCUT2D eigenvalue weighted by Gasteiger charge is 2.30. The number of aryl methyl sites for hydroxylation is 1. The minimum Gasteiger partial charge on any atom is -0.361 e. The van der Waals surface area contributed by atoms with Gasteiger partial charge in [-0.05, 0) is 32.5 Å². The van der Waals surface area contributed by atoms with E-state index >= 15 is 0 Å². The molecule has 0 atom stereocenters. The highest BCUT2D eigenvalue weighted by molar-refractivity contribution is 7.80. The van der Waals surface area contributed by atoms with Crippen LogP contribution < -0.4 is 5.32 Å². The minimum absolute atomic E-state index is 0.176. The number of hydrogen-bond donors (Lipinski definition) is 1. The lowest BCUT2D eigenvalue weighted by atomic mass is 10.3. The molecule has 2 rings (SSSR count). The Kier molecular flexibility index (Phi) is 3.81. The Labute approximate surface area is 111 Å². The van der Waals surface area contributed by atoms with E-state index in [1.807, 2.05) is 6.92 Å². The van der Waals surface area contributed by atoms with Gasteiger partial charge in [0.15, 0.2) is 10.8 Å². The summed E-state index contributed by atoms with van der Waals surface area (Å²) in [6.45, 7) is 5.86. The summed E-state index contributed by atoms with van der Waals surface area (Å²) in [6, 6.07) is 1.63. The SMILES string of the molecule is CCNC(=S)N1CCCN1C(=O)c1cc(C)on1. The van der Waals surface area contributed by atoms with Crippen molar-refractivity contribution in [1.82, 2.24) is 20.5 Å². The molecule has 1 saturated heterocycles. The first-order valence-electron chi connectivity index (χ1n) is 5.94. The number of rotatable bonds is 2. The summed E-state index contributed by atoms with van der Waals surface area (Å²) in [6.07, 6.45) is 0.897. The number of nitrogens with one attached hydrogen (secondary N) is 1. The van der Waals surface area contributed by atoms with E-state index in [9.17, 15) is 4.79 Å². The molecule has 18 heavy (non-hydrogen) atoms. The van der Waals surface area contributed by atoms with Gasteiger partial charge in [0.05, 0.1) is 0 Å². The third-order valence-electron chi connectivity index (χ3n) is 2.68. The van der Waals surface area contributed by atoms with Crippen molar-refractivity contribution in [3.8, 4) is 0 Å². The zero-order valence-electron chi connectivity index (χ0n) is 10.5. The van der Waals surface area contributed by atoms with Gasteiger partial charge in [-0.25, -0.2) is 5.01 Å². The third kappa shape index (κ3) is 2.45. The summed E-state index contributed by atoms with van der Waals surface area (Å²) in [5.74, 6) is 0.447. The van der Waals surface area contributed by atoms with Gasteiger partial charge in [0.2, 0.25) is 0 Å². The number of hydrazine groups is 1. The van der Waals surface area contributed by atoms with Gasteiger partial charge >= 0.3 is 0 Å². The van der Waals surface area contributed by atoms with Crippen LogP contribution in [0.15, 0.2) is 10.6 Å². The first-order chi connectivity index (χ1) is 8.63. The Balaban J connectivity index is 2.11. The average molecular weight is 268 g/mol. The number of aromatic nitrogens is 1. The Morgan fingerprint density at radius 2 is 2.28 bits per heavy atom. The molecular weight excluding hydrogens is 252 g/mol. The predicted molar refractivity (Wildman–Crippen MR) is 69.9 cm³/mol. The van der Waals surface area contributed by atoms with Crippen LogP contribution in [0.5, 0.6) is 0 Å². The van der Waals surface area contributed by atoms with E-state index in [0.29, 0.717) is 23.1 Å². The smallest absolute Gasteiger partial charge is 0.294 e. The lowest BCUT2D eigenvalue weighted by Gasteiger charge is -2.29. The van der Waals surface area contributed by atoms with Crippen LogP contribution in [0.25, 0.3) is 0 Å². The van der Waals surface area contributed by atoms with Crippen molar-refractivity contribution in [2.24, 2.45) is 0 Å². The van der Waals surface area contributed by atoms with Gasteiger partial charge in [0.1, 0.15) is 5.76 Å². The fourth-order valence-electron chi connectivity index (χ4n) is 1.88. The average Bonchev–Trinajstić information content (AvgIpc) is 2.96. The summed E-state index contributed by atoms with van der Waals surface area (Å²) >= 11 is 5.24. The van der Waals surface area contributed by atoms with Gasteiger partial charge in [0, 0.05) is 25.7 Å². The van der Waals surface area contributed by atoms with E-state index in [1.54, 1.807) is 23.0 Å². The quantitative estimate of drug-likeness (QED) is 0.806. The van der Waals surface area contributed by atoms with Crippen LogP contribution in [0.4, 0.5) is 0 Å². The van der Waals surface area contributed by atoms with Crippen molar-refractivity contribution in [2.45, 2.75) is 20.3 Å². The molecule has 1 aliphatic rings. The van der Waals surface area contributed by atoms with Gasteiger partial charge in [0.25, 0.3) is 5.91 Å². The molecule has 0 aliphatic carbocycles. The summed E-state index contributed by atoms with van der Waals surface area (Å²) in [5.41, 5.74) is 0.318. The topological polar surface area (TPSA) is 61.6 Å². The van der Waals surface area contributed by atoms with E-state index in [4.69, 9.17) is 16.7 Å². The summed E-state index contributed by atoms with van der Waals surface area (Å²) < 4.78 is 4.92. The van der Waals surface area contributed by atoms with Crippen molar-refractivity contribution in [1.29, 1.82) is 0 Å². The molecule has 0 spiro atoms. The number of hydrogen-bond acceptors (Lipinski definition) is 4. The molecule has 6 nitrogen and oxygen atoms in total. The van der Waals surface area contributed by atoms with Crippen LogP contribution >= 0.6 is 12.2 Å². The summed E-state index contributed by atoms with van der Waals surface area (Å²) in [5, 5.41) is 10.8. The molecule has 1 amide bonds. The maximum Gasteiger partial charge on any atom is 0.294 e. The molecule has 98 valence electrons. The van der Waals surface area contributed by atoms with Crippen molar-refractivity contribution < 1.29 is 9.32 Å². The molecular formula is C11H16N4O2S. The molecule has 1 fully saturated rings. The van der Waals surface area contributed by atoms with Crippen LogP contribution in [-0.4, -0.2) is 45.8 Å². The first kappa shape index (κ1) is 12.8. The Morgan fingerprint density at radius 1 is 1.56 bits per heavy atom. The highest BCUT2D eigenvalue weighted by Crippen LogP contribution is 2.15. The first-order valence-corrected chi connectivity index (χ1v) is 6.34. The van der Waals surface area contributed by atoms with Crippen LogP contribution in [0, 0.1) is 6.92 Å².